The monoisotopic (exact) mass is 194 g/mol. The van der Waals surface area contributed by atoms with Gasteiger partial charge < -0.3 is 9.84 Å². The van der Waals surface area contributed by atoms with Gasteiger partial charge in [-0.1, -0.05) is 6.07 Å². The molecule has 0 heterocycles. The Labute approximate surface area is 85.5 Å². The molecule has 78 valence electrons. The summed E-state index contributed by atoms with van der Waals surface area (Å²) >= 11 is 0. The summed E-state index contributed by atoms with van der Waals surface area (Å²) in [5.41, 5.74) is 2.54. The lowest BCUT2D eigenvalue weighted by Crippen LogP contribution is -1.98. The molecule has 2 nitrogen and oxygen atoms in total. The van der Waals surface area contributed by atoms with Gasteiger partial charge >= 0.3 is 0 Å². The van der Waals surface area contributed by atoms with Gasteiger partial charge in [-0.3, -0.25) is 0 Å². The third-order valence-corrected chi connectivity index (χ3v) is 2.30. The zero-order valence-corrected chi connectivity index (χ0v) is 8.92. The summed E-state index contributed by atoms with van der Waals surface area (Å²) in [7, 11) is 0. The molecule has 0 aliphatic heterocycles. The molecule has 0 atom stereocenters. The van der Waals surface area contributed by atoms with E-state index >= 15 is 0 Å². The van der Waals surface area contributed by atoms with Gasteiger partial charge in [-0.15, -0.1) is 0 Å². The van der Waals surface area contributed by atoms with E-state index in [1.807, 2.05) is 12.1 Å². The first-order valence-corrected chi connectivity index (χ1v) is 5.05. The molecule has 0 fully saturated rings. The molecular weight excluding hydrogens is 176 g/mol. The van der Waals surface area contributed by atoms with Crippen molar-refractivity contribution in [1.29, 1.82) is 0 Å². The average Bonchev–Trinajstić information content (AvgIpc) is 2.18. The van der Waals surface area contributed by atoms with Gasteiger partial charge in [0.2, 0.25) is 0 Å². The Bertz CT molecular complexity index is 282. The van der Waals surface area contributed by atoms with Crippen molar-refractivity contribution in [2.24, 2.45) is 0 Å². The Kier molecular flexibility index (Phi) is 4.47. The van der Waals surface area contributed by atoms with Crippen molar-refractivity contribution in [1.82, 2.24) is 0 Å². The first-order valence-electron chi connectivity index (χ1n) is 5.05. The van der Waals surface area contributed by atoms with E-state index in [2.05, 4.69) is 19.9 Å². The normalized spacial score (nSPS) is 10.2. The van der Waals surface area contributed by atoms with Gasteiger partial charge in [-0.05, 0) is 49.9 Å². The zero-order valence-electron chi connectivity index (χ0n) is 8.92. The number of hydrogen-bond acceptors (Lipinski definition) is 2. The number of aliphatic hydroxyl groups is 1. The molecule has 0 spiro atoms. The van der Waals surface area contributed by atoms with E-state index in [0.717, 1.165) is 18.6 Å². The Hall–Kier alpha value is -1.02. The summed E-state index contributed by atoms with van der Waals surface area (Å²) in [5, 5.41) is 8.59. The van der Waals surface area contributed by atoms with Crippen LogP contribution in [0.4, 0.5) is 0 Å². The van der Waals surface area contributed by atoms with Crippen LogP contribution in [0.15, 0.2) is 18.2 Å². The van der Waals surface area contributed by atoms with E-state index in [9.17, 15) is 0 Å². The SMILES string of the molecule is Cc1ccc(OCCCCO)cc1C. The standard InChI is InChI=1S/C12H18O2/c1-10-5-6-12(9-11(10)2)14-8-4-3-7-13/h5-6,9,13H,3-4,7-8H2,1-2H3. The van der Waals surface area contributed by atoms with Gasteiger partial charge in [0, 0.05) is 6.61 Å². The predicted molar refractivity (Wildman–Crippen MR) is 57.7 cm³/mol. The molecule has 1 aromatic carbocycles. The van der Waals surface area contributed by atoms with E-state index in [-0.39, 0.29) is 6.61 Å². The molecule has 0 bridgehead atoms. The minimum absolute atomic E-state index is 0.246. The molecule has 1 rings (SSSR count). The van der Waals surface area contributed by atoms with Crippen molar-refractivity contribution in [3.8, 4) is 5.75 Å². The highest BCUT2D eigenvalue weighted by Gasteiger charge is 1.96. The third kappa shape index (κ3) is 3.38. The van der Waals surface area contributed by atoms with Gasteiger partial charge in [0.1, 0.15) is 5.75 Å². The fourth-order valence-electron chi connectivity index (χ4n) is 1.21. The molecule has 14 heavy (non-hydrogen) atoms. The fraction of sp³-hybridized carbons (Fsp3) is 0.500. The Morgan fingerprint density at radius 1 is 1.14 bits per heavy atom. The number of hydrogen-bond donors (Lipinski definition) is 1. The molecule has 1 aromatic rings. The molecule has 0 aliphatic rings. The molecule has 0 unspecified atom stereocenters. The molecule has 0 aliphatic carbocycles. The van der Waals surface area contributed by atoms with Crippen molar-refractivity contribution >= 4 is 0 Å². The molecule has 0 radical (unpaired) electrons. The lowest BCUT2D eigenvalue weighted by molar-refractivity contribution is 0.253. The van der Waals surface area contributed by atoms with Crippen molar-refractivity contribution in [3.63, 3.8) is 0 Å². The van der Waals surface area contributed by atoms with Crippen LogP contribution >= 0.6 is 0 Å². The number of ether oxygens (including phenoxy) is 1. The first-order chi connectivity index (χ1) is 6.74. The summed E-state index contributed by atoms with van der Waals surface area (Å²) in [6, 6.07) is 6.10. The number of aliphatic hydroxyl groups excluding tert-OH is 1. The van der Waals surface area contributed by atoms with Crippen LogP contribution in [0.3, 0.4) is 0 Å². The van der Waals surface area contributed by atoms with Gasteiger partial charge in [-0.2, -0.15) is 0 Å². The second-order valence-corrected chi connectivity index (χ2v) is 3.53. The van der Waals surface area contributed by atoms with Crippen LogP contribution in [0, 0.1) is 13.8 Å². The average molecular weight is 194 g/mol. The smallest absolute Gasteiger partial charge is 0.119 e. The quantitative estimate of drug-likeness (QED) is 0.729. The van der Waals surface area contributed by atoms with E-state index < -0.39 is 0 Å². The van der Waals surface area contributed by atoms with Gasteiger partial charge in [0.25, 0.3) is 0 Å². The highest BCUT2D eigenvalue weighted by molar-refractivity contribution is 5.33. The minimum Gasteiger partial charge on any atom is -0.494 e. The minimum atomic E-state index is 0.246. The Balaban J connectivity index is 2.39. The maximum absolute atomic E-state index is 8.59. The van der Waals surface area contributed by atoms with Gasteiger partial charge in [0.05, 0.1) is 6.61 Å². The van der Waals surface area contributed by atoms with Crippen LogP contribution in [-0.4, -0.2) is 18.3 Å². The molecule has 1 N–H and O–H groups in total. The molecule has 0 aromatic heterocycles. The van der Waals surface area contributed by atoms with E-state index in [0.29, 0.717) is 6.61 Å². The Morgan fingerprint density at radius 3 is 2.57 bits per heavy atom. The summed E-state index contributed by atoms with van der Waals surface area (Å²) < 4.78 is 5.53. The van der Waals surface area contributed by atoms with Crippen LogP contribution < -0.4 is 4.74 Å². The van der Waals surface area contributed by atoms with E-state index in [4.69, 9.17) is 9.84 Å². The van der Waals surface area contributed by atoms with Crippen molar-refractivity contribution < 1.29 is 9.84 Å². The van der Waals surface area contributed by atoms with Crippen molar-refractivity contribution in [2.75, 3.05) is 13.2 Å². The fourth-order valence-corrected chi connectivity index (χ4v) is 1.21. The van der Waals surface area contributed by atoms with Crippen LogP contribution in [0.25, 0.3) is 0 Å². The van der Waals surface area contributed by atoms with Gasteiger partial charge in [0.15, 0.2) is 0 Å². The first kappa shape index (κ1) is 11.1. The lowest BCUT2D eigenvalue weighted by atomic mass is 10.1. The van der Waals surface area contributed by atoms with E-state index in [1.165, 1.54) is 11.1 Å². The molecular formula is C12H18O2. The van der Waals surface area contributed by atoms with Crippen LogP contribution in [0.1, 0.15) is 24.0 Å². The van der Waals surface area contributed by atoms with Crippen molar-refractivity contribution in [3.05, 3.63) is 29.3 Å². The number of aryl methyl sites for hydroxylation is 2. The van der Waals surface area contributed by atoms with Crippen LogP contribution in [-0.2, 0) is 0 Å². The molecule has 0 amide bonds. The predicted octanol–water partition coefficient (Wildman–Crippen LogP) is 2.45. The number of rotatable bonds is 5. The van der Waals surface area contributed by atoms with Crippen LogP contribution in [0.2, 0.25) is 0 Å². The summed E-state index contributed by atoms with van der Waals surface area (Å²) in [5.74, 6) is 0.922. The highest BCUT2D eigenvalue weighted by Crippen LogP contribution is 2.16. The van der Waals surface area contributed by atoms with Crippen molar-refractivity contribution in [2.45, 2.75) is 26.7 Å². The Morgan fingerprint density at radius 2 is 1.93 bits per heavy atom. The third-order valence-electron chi connectivity index (χ3n) is 2.30. The highest BCUT2D eigenvalue weighted by atomic mass is 16.5. The van der Waals surface area contributed by atoms with E-state index in [1.54, 1.807) is 0 Å². The molecule has 0 saturated carbocycles. The largest absolute Gasteiger partial charge is 0.494 e. The molecule has 0 saturated heterocycles. The maximum Gasteiger partial charge on any atom is 0.119 e. The summed E-state index contributed by atoms with van der Waals surface area (Å²) in [4.78, 5) is 0. The second-order valence-electron chi connectivity index (χ2n) is 3.53. The number of benzene rings is 1. The summed E-state index contributed by atoms with van der Waals surface area (Å²) in [6.45, 7) is 5.10. The maximum atomic E-state index is 8.59. The summed E-state index contributed by atoms with van der Waals surface area (Å²) in [6.07, 6.45) is 1.72. The van der Waals surface area contributed by atoms with Crippen LogP contribution in [0.5, 0.6) is 5.75 Å². The molecule has 2 heteroatoms. The lowest BCUT2D eigenvalue weighted by Gasteiger charge is -2.07. The zero-order chi connectivity index (χ0) is 10.4. The van der Waals surface area contributed by atoms with Gasteiger partial charge in [-0.25, -0.2) is 0 Å². The second kappa shape index (κ2) is 5.66. The number of unbranched alkanes of at least 4 members (excludes halogenated alkanes) is 1. The topological polar surface area (TPSA) is 29.5 Å².